The van der Waals surface area contributed by atoms with Crippen molar-refractivity contribution in [1.82, 2.24) is 4.31 Å². The molecule has 0 unspecified atom stereocenters. The molecule has 0 radical (unpaired) electrons. The van der Waals surface area contributed by atoms with Gasteiger partial charge in [-0.05, 0) is 42.8 Å². The van der Waals surface area contributed by atoms with E-state index < -0.39 is 10.0 Å². The summed E-state index contributed by atoms with van der Waals surface area (Å²) >= 11 is 1.21. The maximum atomic E-state index is 12.5. The SMILES string of the molecule is Cc1ccccc1OCCOC(=O)C1CCN(S(=O)(=O)c2cccs2)CC1. The lowest BCUT2D eigenvalue weighted by Gasteiger charge is -2.29. The molecule has 0 N–H and O–H groups in total. The normalized spacial score (nSPS) is 16.2. The number of piperidine rings is 1. The first kappa shape index (κ1) is 19.9. The fourth-order valence-electron chi connectivity index (χ4n) is 3.00. The summed E-state index contributed by atoms with van der Waals surface area (Å²) in [5.74, 6) is 0.232. The minimum Gasteiger partial charge on any atom is -0.490 e. The molecule has 1 fully saturated rings. The van der Waals surface area contributed by atoms with Crippen molar-refractivity contribution in [2.24, 2.45) is 5.92 Å². The summed E-state index contributed by atoms with van der Waals surface area (Å²) in [6.07, 6.45) is 0.949. The quantitative estimate of drug-likeness (QED) is 0.519. The molecule has 1 aliphatic rings. The Kier molecular flexibility index (Phi) is 6.51. The van der Waals surface area contributed by atoms with Gasteiger partial charge in [0, 0.05) is 13.1 Å². The number of nitrogens with zero attached hydrogens (tertiary/aromatic N) is 1. The number of hydrogen-bond donors (Lipinski definition) is 0. The van der Waals surface area contributed by atoms with Gasteiger partial charge in [0.1, 0.15) is 23.2 Å². The summed E-state index contributed by atoms with van der Waals surface area (Å²) in [4.78, 5) is 12.2. The Morgan fingerprint density at radius 1 is 1.15 bits per heavy atom. The van der Waals surface area contributed by atoms with Crippen molar-refractivity contribution in [3.8, 4) is 5.75 Å². The predicted molar refractivity (Wildman–Crippen MR) is 103 cm³/mol. The van der Waals surface area contributed by atoms with Crippen molar-refractivity contribution in [2.75, 3.05) is 26.3 Å². The number of esters is 1. The summed E-state index contributed by atoms with van der Waals surface area (Å²) in [7, 11) is -3.44. The average Bonchev–Trinajstić information content (AvgIpc) is 3.22. The van der Waals surface area contributed by atoms with Gasteiger partial charge in [-0.15, -0.1) is 11.3 Å². The molecule has 8 heteroatoms. The summed E-state index contributed by atoms with van der Waals surface area (Å²) in [6.45, 7) is 3.10. The number of hydrogen-bond acceptors (Lipinski definition) is 6. The second-order valence-corrected chi connectivity index (χ2v) is 9.50. The number of thiophene rings is 1. The highest BCUT2D eigenvalue weighted by molar-refractivity contribution is 7.91. The topological polar surface area (TPSA) is 72.9 Å². The van der Waals surface area contributed by atoms with E-state index in [9.17, 15) is 13.2 Å². The van der Waals surface area contributed by atoms with Crippen LogP contribution in [-0.2, 0) is 19.6 Å². The molecule has 27 heavy (non-hydrogen) atoms. The van der Waals surface area contributed by atoms with Crippen LogP contribution in [0.2, 0.25) is 0 Å². The lowest BCUT2D eigenvalue weighted by Crippen LogP contribution is -2.40. The Labute approximate surface area is 163 Å². The van der Waals surface area contributed by atoms with E-state index in [4.69, 9.17) is 9.47 Å². The van der Waals surface area contributed by atoms with Crippen LogP contribution >= 0.6 is 11.3 Å². The van der Waals surface area contributed by atoms with Crippen LogP contribution in [0.15, 0.2) is 46.0 Å². The molecule has 0 atom stereocenters. The predicted octanol–water partition coefficient (Wildman–Crippen LogP) is 3.08. The van der Waals surface area contributed by atoms with Gasteiger partial charge in [0.2, 0.25) is 0 Å². The zero-order valence-electron chi connectivity index (χ0n) is 15.2. The molecule has 1 aliphatic heterocycles. The summed E-state index contributed by atoms with van der Waals surface area (Å²) in [5.41, 5.74) is 1.03. The van der Waals surface area contributed by atoms with E-state index in [1.165, 1.54) is 15.6 Å². The number of rotatable bonds is 7. The van der Waals surface area contributed by atoms with E-state index in [0.29, 0.717) is 36.7 Å². The van der Waals surface area contributed by atoms with Crippen molar-refractivity contribution >= 4 is 27.3 Å². The van der Waals surface area contributed by atoms with Crippen LogP contribution in [0.1, 0.15) is 18.4 Å². The van der Waals surface area contributed by atoms with Crippen LogP contribution in [0.25, 0.3) is 0 Å². The van der Waals surface area contributed by atoms with E-state index in [1.807, 2.05) is 31.2 Å². The van der Waals surface area contributed by atoms with Crippen molar-refractivity contribution in [1.29, 1.82) is 0 Å². The molecular formula is C19H23NO5S2. The molecule has 146 valence electrons. The van der Waals surface area contributed by atoms with Crippen molar-refractivity contribution < 1.29 is 22.7 Å². The standard InChI is InChI=1S/C19H23NO5S2/c1-15-5-2-3-6-17(15)24-12-13-25-19(21)16-8-10-20(11-9-16)27(22,23)18-7-4-14-26-18/h2-7,14,16H,8-13H2,1H3. The van der Waals surface area contributed by atoms with Crippen molar-refractivity contribution in [3.63, 3.8) is 0 Å². The van der Waals surface area contributed by atoms with Crippen LogP contribution < -0.4 is 4.74 Å². The largest absolute Gasteiger partial charge is 0.490 e. The van der Waals surface area contributed by atoms with Gasteiger partial charge in [0.05, 0.1) is 5.92 Å². The van der Waals surface area contributed by atoms with Crippen molar-refractivity contribution in [2.45, 2.75) is 24.0 Å². The van der Waals surface area contributed by atoms with E-state index in [0.717, 1.165) is 11.3 Å². The number of sulfonamides is 1. The molecule has 2 aromatic rings. The number of carbonyl (C=O) groups is 1. The smallest absolute Gasteiger partial charge is 0.309 e. The molecule has 1 aromatic carbocycles. The highest BCUT2D eigenvalue weighted by Gasteiger charge is 2.33. The Hall–Kier alpha value is -1.90. The molecule has 0 spiro atoms. The van der Waals surface area contributed by atoms with Gasteiger partial charge in [0.25, 0.3) is 10.0 Å². The molecule has 0 aliphatic carbocycles. The first-order valence-corrected chi connectivity index (χ1v) is 11.2. The summed E-state index contributed by atoms with van der Waals surface area (Å²) in [6, 6.07) is 11.0. The number of aryl methyl sites for hydroxylation is 1. The zero-order valence-corrected chi connectivity index (χ0v) is 16.8. The molecule has 6 nitrogen and oxygen atoms in total. The summed E-state index contributed by atoms with van der Waals surface area (Å²) < 4.78 is 37.7. The highest BCUT2D eigenvalue weighted by atomic mass is 32.2. The first-order chi connectivity index (χ1) is 13.0. The number of carbonyl (C=O) groups excluding carboxylic acids is 1. The lowest BCUT2D eigenvalue weighted by atomic mass is 9.98. The lowest BCUT2D eigenvalue weighted by molar-refractivity contribution is -0.150. The second kappa shape index (κ2) is 8.86. The molecule has 2 heterocycles. The van der Waals surface area contributed by atoms with Gasteiger partial charge in [-0.25, -0.2) is 8.42 Å². The Morgan fingerprint density at radius 2 is 1.89 bits per heavy atom. The Bertz CT molecular complexity index is 856. The van der Waals surface area contributed by atoms with Gasteiger partial charge in [0.15, 0.2) is 0 Å². The average molecular weight is 410 g/mol. The molecule has 0 saturated carbocycles. The molecule has 1 saturated heterocycles. The molecule has 0 amide bonds. The second-order valence-electron chi connectivity index (χ2n) is 6.39. The maximum absolute atomic E-state index is 12.5. The molecular weight excluding hydrogens is 386 g/mol. The Morgan fingerprint density at radius 3 is 2.56 bits per heavy atom. The third-order valence-corrected chi connectivity index (χ3v) is 7.83. The van der Waals surface area contributed by atoms with Gasteiger partial charge >= 0.3 is 5.97 Å². The highest BCUT2D eigenvalue weighted by Crippen LogP contribution is 2.26. The van der Waals surface area contributed by atoms with E-state index in [-0.39, 0.29) is 18.5 Å². The fraction of sp³-hybridized carbons (Fsp3) is 0.421. The van der Waals surface area contributed by atoms with Crippen LogP contribution in [0.3, 0.4) is 0 Å². The first-order valence-electron chi connectivity index (χ1n) is 8.87. The van der Waals surface area contributed by atoms with Crippen LogP contribution in [0, 0.1) is 12.8 Å². The third-order valence-electron chi connectivity index (χ3n) is 4.56. The minimum atomic E-state index is -3.44. The fourth-order valence-corrected chi connectivity index (χ4v) is 5.61. The monoisotopic (exact) mass is 409 g/mol. The number of ether oxygens (including phenoxy) is 2. The zero-order chi connectivity index (χ0) is 19.3. The summed E-state index contributed by atoms with van der Waals surface area (Å²) in [5, 5.41) is 1.75. The van der Waals surface area contributed by atoms with E-state index in [2.05, 4.69) is 0 Å². The van der Waals surface area contributed by atoms with Gasteiger partial charge in [-0.2, -0.15) is 4.31 Å². The third kappa shape index (κ3) is 4.88. The molecule has 3 rings (SSSR count). The van der Waals surface area contributed by atoms with Gasteiger partial charge in [-0.1, -0.05) is 24.3 Å². The van der Waals surface area contributed by atoms with Gasteiger partial charge < -0.3 is 9.47 Å². The van der Waals surface area contributed by atoms with Crippen LogP contribution in [0.4, 0.5) is 0 Å². The molecule has 0 bridgehead atoms. The van der Waals surface area contributed by atoms with Crippen LogP contribution in [0.5, 0.6) is 5.75 Å². The number of para-hydroxylation sites is 1. The van der Waals surface area contributed by atoms with Crippen molar-refractivity contribution in [3.05, 3.63) is 47.3 Å². The maximum Gasteiger partial charge on any atom is 0.309 e. The number of benzene rings is 1. The minimum absolute atomic E-state index is 0.181. The molecule has 1 aromatic heterocycles. The van der Waals surface area contributed by atoms with E-state index >= 15 is 0 Å². The van der Waals surface area contributed by atoms with Gasteiger partial charge in [-0.3, -0.25) is 4.79 Å². The Balaban J connectivity index is 1.42. The van der Waals surface area contributed by atoms with Crippen LogP contribution in [-0.4, -0.2) is 45.0 Å². The van der Waals surface area contributed by atoms with E-state index in [1.54, 1.807) is 17.5 Å².